The highest BCUT2D eigenvalue weighted by Gasteiger charge is 2.28. The molecule has 2 N–H and O–H groups in total. The molecule has 0 bridgehead atoms. The van der Waals surface area contributed by atoms with Gasteiger partial charge in [0.25, 0.3) is 0 Å². The van der Waals surface area contributed by atoms with Crippen LogP contribution in [0.4, 0.5) is 9.52 Å². The Labute approximate surface area is 199 Å². The Hall–Kier alpha value is -2.61. The van der Waals surface area contributed by atoms with Crippen molar-refractivity contribution in [1.29, 1.82) is 0 Å². The molecule has 3 aromatic rings. The zero-order chi connectivity index (χ0) is 23.3. The van der Waals surface area contributed by atoms with Crippen LogP contribution in [0.5, 0.6) is 0 Å². The minimum Gasteiger partial charge on any atom is -0.300 e. The number of carbonyl (C=O) groups excluding carboxylic acids is 1. The van der Waals surface area contributed by atoms with Crippen LogP contribution in [-0.2, 0) is 17.9 Å². The summed E-state index contributed by atoms with van der Waals surface area (Å²) >= 11 is 1.55. The topological polar surface area (TPSA) is 57.3 Å². The second-order valence-corrected chi connectivity index (χ2v) is 10.1. The summed E-state index contributed by atoms with van der Waals surface area (Å²) in [7, 11) is 0. The molecule has 4 rings (SSSR count). The predicted octanol–water partition coefficient (Wildman–Crippen LogP) is 5.44. The number of hydrogen-bond acceptors (Lipinski definition) is 5. The fourth-order valence-electron chi connectivity index (χ4n) is 3.91. The molecule has 1 aliphatic rings. The second kappa shape index (κ2) is 10.5. The maximum atomic E-state index is 13.1. The van der Waals surface area contributed by atoms with Gasteiger partial charge in [0.05, 0.1) is 11.2 Å². The number of piperidine rings is 1. The van der Waals surface area contributed by atoms with Gasteiger partial charge in [-0.2, -0.15) is 0 Å². The SMILES string of the molecule is CC(C)(NCc1ccc(F)cc1)C(=O)Nc1nc(-c2ccccc2)c(CN2CCCCC2)s1. The number of hydrogen-bond donors (Lipinski definition) is 2. The van der Waals surface area contributed by atoms with E-state index in [4.69, 9.17) is 4.98 Å². The van der Waals surface area contributed by atoms with E-state index in [0.29, 0.717) is 11.7 Å². The first kappa shape index (κ1) is 23.5. The smallest absolute Gasteiger partial charge is 0.245 e. The van der Waals surface area contributed by atoms with Crippen molar-refractivity contribution in [2.45, 2.75) is 51.7 Å². The van der Waals surface area contributed by atoms with E-state index in [0.717, 1.165) is 36.5 Å². The van der Waals surface area contributed by atoms with Gasteiger partial charge in [-0.15, -0.1) is 0 Å². The van der Waals surface area contributed by atoms with Gasteiger partial charge >= 0.3 is 0 Å². The molecule has 174 valence electrons. The van der Waals surface area contributed by atoms with Gasteiger partial charge in [-0.25, -0.2) is 9.37 Å². The molecule has 0 unspecified atom stereocenters. The van der Waals surface area contributed by atoms with Crippen LogP contribution < -0.4 is 10.6 Å². The van der Waals surface area contributed by atoms with E-state index < -0.39 is 5.54 Å². The first-order valence-electron chi connectivity index (χ1n) is 11.5. The quantitative estimate of drug-likeness (QED) is 0.464. The lowest BCUT2D eigenvalue weighted by molar-refractivity contribution is -0.121. The maximum Gasteiger partial charge on any atom is 0.245 e. The van der Waals surface area contributed by atoms with E-state index >= 15 is 0 Å². The number of thiazole rings is 1. The van der Waals surface area contributed by atoms with Gasteiger partial charge in [-0.3, -0.25) is 15.0 Å². The Morgan fingerprint density at radius 3 is 2.45 bits per heavy atom. The van der Waals surface area contributed by atoms with Gasteiger partial charge in [-0.1, -0.05) is 60.2 Å². The highest BCUT2D eigenvalue weighted by molar-refractivity contribution is 7.16. The third-order valence-electron chi connectivity index (χ3n) is 6.00. The highest BCUT2D eigenvalue weighted by atomic mass is 32.1. The van der Waals surface area contributed by atoms with Crippen LogP contribution in [0.25, 0.3) is 11.3 Å². The van der Waals surface area contributed by atoms with Crippen molar-refractivity contribution in [3.05, 3.63) is 70.9 Å². The molecule has 1 saturated heterocycles. The summed E-state index contributed by atoms with van der Waals surface area (Å²) in [5.74, 6) is -0.420. The second-order valence-electron chi connectivity index (χ2n) is 9.05. The van der Waals surface area contributed by atoms with Gasteiger partial charge in [0.2, 0.25) is 5.91 Å². The molecule has 0 spiro atoms. The normalized spacial score (nSPS) is 14.9. The predicted molar refractivity (Wildman–Crippen MR) is 133 cm³/mol. The first-order valence-corrected chi connectivity index (χ1v) is 12.3. The third-order valence-corrected chi connectivity index (χ3v) is 6.95. The summed E-state index contributed by atoms with van der Waals surface area (Å²) in [6.07, 6.45) is 3.76. The Morgan fingerprint density at radius 1 is 1.06 bits per heavy atom. The molecule has 1 aromatic heterocycles. The molecular weight excluding hydrogens is 435 g/mol. The van der Waals surface area contributed by atoms with Crippen LogP contribution in [-0.4, -0.2) is 34.4 Å². The molecule has 5 nitrogen and oxygen atoms in total. The number of carbonyl (C=O) groups is 1. The van der Waals surface area contributed by atoms with E-state index in [2.05, 4.69) is 27.7 Å². The molecule has 1 aliphatic heterocycles. The van der Waals surface area contributed by atoms with Crippen molar-refractivity contribution >= 4 is 22.4 Å². The third kappa shape index (κ3) is 6.25. The van der Waals surface area contributed by atoms with Gasteiger partial charge in [0.1, 0.15) is 5.82 Å². The Kier molecular flexibility index (Phi) is 7.53. The van der Waals surface area contributed by atoms with Crippen molar-refractivity contribution in [1.82, 2.24) is 15.2 Å². The zero-order valence-electron chi connectivity index (χ0n) is 19.2. The minimum atomic E-state index is -0.819. The van der Waals surface area contributed by atoms with Crippen molar-refractivity contribution in [3.8, 4) is 11.3 Å². The molecule has 0 aliphatic carbocycles. The Balaban J connectivity index is 1.47. The lowest BCUT2D eigenvalue weighted by Crippen LogP contribution is -2.49. The van der Waals surface area contributed by atoms with E-state index in [9.17, 15) is 9.18 Å². The first-order chi connectivity index (χ1) is 15.9. The summed E-state index contributed by atoms with van der Waals surface area (Å²) in [5.41, 5.74) is 2.11. The van der Waals surface area contributed by atoms with Crippen LogP contribution in [0.1, 0.15) is 43.6 Å². The highest BCUT2D eigenvalue weighted by Crippen LogP contribution is 2.33. The summed E-state index contributed by atoms with van der Waals surface area (Å²) in [6, 6.07) is 16.4. The van der Waals surface area contributed by atoms with Crippen LogP contribution in [0.3, 0.4) is 0 Å². The fraction of sp³-hybridized carbons (Fsp3) is 0.385. The van der Waals surface area contributed by atoms with Gasteiger partial charge in [0.15, 0.2) is 5.13 Å². The molecular formula is C26H31FN4OS. The number of amides is 1. The van der Waals surface area contributed by atoms with Crippen molar-refractivity contribution in [2.24, 2.45) is 0 Å². The van der Waals surface area contributed by atoms with Crippen molar-refractivity contribution in [3.63, 3.8) is 0 Å². The maximum absolute atomic E-state index is 13.1. The molecule has 0 atom stereocenters. The van der Waals surface area contributed by atoms with Gasteiger partial charge in [0, 0.05) is 23.5 Å². The van der Waals surface area contributed by atoms with Crippen LogP contribution >= 0.6 is 11.3 Å². The number of likely N-dealkylation sites (tertiary alicyclic amines) is 1. The zero-order valence-corrected chi connectivity index (χ0v) is 20.1. The summed E-state index contributed by atoms with van der Waals surface area (Å²) < 4.78 is 13.1. The Bertz CT molecular complexity index is 1060. The van der Waals surface area contributed by atoms with Gasteiger partial charge < -0.3 is 5.32 Å². The Morgan fingerprint density at radius 2 is 1.76 bits per heavy atom. The van der Waals surface area contributed by atoms with E-state index in [-0.39, 0.29) is 11.7 Å². The van der Waals surface area contributed by atoms with Crippen LogP contribution in [0.2, 0.25) is 0 Å². The lowest BCUT2D eigenvalue weighted by Gasteiger charge is -2.26. The largest absolute Gasteiger partial charge is 0.300 e. The molecule has 2 heterocycles. The number of anilines is 1. The molecule has 0 saturated carbocycles. The van der Waals surface area contributed by atoms with Crippen molar-refractivity contribution in [2.75, 3.05) is 18.4 Å². The summed E-state index contributed by atoms with van der Waals surface area (Å²) in [6.45, 7) is 7.21. The van der Waals surface area contributed by atoms with E-state index in [1.54, 1.807) is 23.5 Å². The van der Waals surface area contributed by atoms with Crippen LogP contribution in [0, 0.1) is 5.82 Å². The van der Waals surface area contributed by atoms with E-state index in [1.165, 1.54) is 36.3 Å². The summed E-state index contributed by atoms with van der Waals surface area (Å²) in [4.78, 5) is 21.5. The van der Waals surface area contributed by atoms with E-state index in [1.807, 2.05) is 32.0 Å². The minimum absolute atomic E-state index is 0.150. The average molecular weight is 467 g/mol. The fourth-order valence-corrected chi connectivity index (χ4v) is 4.93. The lowest BCUT2D eigenvalue weighted by atomic mass is 10.0. The van der Waals surface area contributed by atoms with Crippen LogP contribution in [0.15, 0.2) is 54.6 Å². The summed E-state index contributed by atoms with van der Waals surface area (Å²) in [5, 5.41) is 6.90. The number of benzene rings is 2. The van der Waals surface area contributed by atoms with Crippen molar-refractivity contribution < 1.29 is 9.18 Å². The molecule has 7 heteroatoms. The molecule has 33 heavy (non-hydrogen) atoms. The number of nitrogens with zero attached hydrogens (tertiary/aromatic N) is 2. The number of halogens is 1. The number of rotatable bonds is 8. The monoisotopic (exact) mass is 466 g/mol. The number of aromatic nitrogens is 1. The molecule has 1 fully saturated rings. The van der Waals surface area contributed by atoms with Gasteiger partial charge in [-0.05, 0) is 57.5 Å². The molecule has 1 amide bonds. The number of nitrogens with one attached hydrogen (secondary N) is 2. The average Bonchev–Trinajstić information content (AvgIpc) is 3.22. The molecule has 0 radical (unpaired) electrons. The molecule has 2 aromatic carbocycles. The standard InChI is InChI=1S/C26H31FN4OS/c1-26(2,28-17-19-11-13-21(27)14-12-19)24(32)30-25-29-23(20-9-5-3-6-10-20)22(33-25)18-31-15-7-4-8-16-31/h3,5-6,9-14,28H,4,7-8,15-18H2,1-2H3,(H,29,30,32).